The highest BCUT2D eigenvalue weighted by Gasteiger charge is 2.13. The summed E-state index contributed by atoms with van der Waals surface area (Å²) in [6.45, 7) is 12.8. The fraction of sp³-hybridized carbons (Fsp3) is 0.556. The Hall–Kier alpha value is -0.870. The van der Waals surface area contributed by atoms with Gasteiger partial charge in [0.1, 0.15) is 0 Å². The van der Waals surface area contributed by atoms with Gasteiger partial charge in [-0.05, 0) is 19.1 Å². The summed E-state index contributed by atoms with van der Waals surface area (Å²) in [7, 11) is -2.45. The standard InChI is InChI=1S/C9H18N.H2O4S.O2S/c1-5-8-10(4,7-3)9-6-2;1-5(2,3)4;1-3-2/h5-6H,1-2,7-9H2,3-4H3;(H2,1,2,3,4);/q+1;;. The average molecular weight is 302 g/mol. The minimum Gasteiger partial charge on any atom is -0.320 e. The van der Waals surface area contributed by atoms with Crippen molar-refractivity contribution in [1.82, 2.24) is 0 Å². The molecule has 0 aliphatic heterocycles. The molecule has 0 heterocycles. The number of rotatable bonds is 5. The Morgan fingerprint density at radius 3 is 1.50 bits per heavy atom. The third-order valence-corrected chi connectivity index (χ3v) is 1.90. The van der Waals surface area contributed by atoms with Crippen molar-refractivity contribution >= 4 is 22.0 Å². The first-order valence-corrected chi connectivity index (χ1v) is 6.83. The zero-order valence-electron chi connectivity index (χ0n) is 10.5. The van der Waals surface area contributed by atoms with Crippen LogP contribution in [0.4, 0.5) is 0 Å². The minimum atomic E-state index is -4.67. The van der Waals surface area contributed by atoms with E-state index in [9.17, 15) is 0 Å². The van der Waals surface area contributed by atoms with Gasteiger partial charge in [-0.3, -0.25) is 9.11 Å². The van der Waals surface area contributed by atoms with E-state index in [4.69, 9.17) is 25.9 Å². The number of hydrogen-bond donors (Lipinski definition) is 2. The van der Waals surface area contributed by atoms with E-state index in [1.165, 1.54) is 0 Å². The first kappa shape index (κ1) is 22.3. The number of likely N-dealkylation sites (N-methyl/N-ethyl adjacent to an activating group) is 1. The van der Waals surface area contributed by atoms with Gasteiger partial charge in [-0.15, -0.1) is 0 Å². The summed E-state index contributed by atoms with van der Waals surface area (Å²) in [5.41, 5.74) is 0. The van der Waals surface area contributed by atoms with Crippen LogP contribution in [0.5, 0.6) is 0 Å². The molecule has 0 aromatic heterocycles. The van der Waals surface area contributed by atoms with Gasteiger partial charge in [-0.2, -0.15) is 16.8 Å². The first-order chi connectivity index (χ1) is 8.10. The molecular formula is C9H20NO6S2+. The third kappa shape index (κ3) is 29.4. The maximum absolute atomic E-state index is 8.74. The van der Waals surface area contributed by atoms with E-state index in [1.54, 1.807) is 0 Å². The monoisotopic (exact) mass is 302 g/mol. The van der Waals surface area contributed by atoms with Gasteiger partial charge >= 0.3 is 22.0 Å². The predicted octanol–water partition coefficient (Wildman–Crippen LogP) is 0.502. The second-order valence-corrected chi connectivity index (χ2v) is 4.43. The van der Waals surface area contributed by atoms with Gasteiger partial charge in [0.25, 0.3) is 0 Å². The second kappa shape index (κ2) is 12.6. The highest BCUT2D eigenvalue weighted by molar-refractivity contribution is 7.79. The van der Waals surface area contributed by atoms with E-state index < -0.39 is 22.0 Å². The molecule has 0 bridgehead atoms. The van der Waals surface area contributed by atoms with Crippen molar-refractivity contribution < 1.29 is 30.4 Å². The van der Waals surface area contributed by atoms with E-state index in [0.29, 0.717) is 0 Å². The minimum absolute atomic E-state index is 0.750. The van der Waals surface area contributed by atoms with Crippen molar-refractivity contribution in [2.75, 3.05) is 26.7 Å². The fourth-order valence-electron chi connectivity index (χ4n) is 0.956. The van der Waals surface area contributed by atoms with Crippen molar-refractivity contribution in [2.45, 2.75) is 6.92 Å². The number of hydrogen-bond acceptors (Lipinski definition) is 4. The average Bonchev–Trinajstić information content (AvgIpc) is 2.17. The Kier molecular flexibility index (Phi) is 15.6. The zero-order chi connectivity index (χ0) is 15.2. The maximum atomic E-state index is 8.74. The van der Waals surface area contributed by atoms with Crippen LogP contribution in [0, 0.1) is 0 Å². The molecule has 0 unspecified atom stereocenters. The molecule has 0 aliphatic rings. The van der Waals surface area contributed by atoms with Crippen LogP contribution < -0.4 is 0 Å². The molecule has 0 atom stereocenters. The van der Waals surface area contributed by atoms with Gasteiger partial charge in [0.05, 0.1) is 26.7 Å². The molecule has 0 amide bonds. The lowest BCUT2D eigenvalue weighted by Gasteiger charge is -2.30. The molecule has 0 radical (unpaired) electrons. The molecule has 108 valence electrons. The molecule has 2 N–H and O–H groups in total. The van der Waals surface area contributed by atoms with Crippen LogP contribution in [0.3, 0.4) is 0 Å². The van der Waals surface area contributed by atoms with Crippen LogP contribution in [-0.2, 0) is 22.0 Å². The number of nitrogens with zero attached hydrogens (tertiary/aromatic N) is 1. The van der Waals surface area contributed by atoms with Crippen molar-refractivity contribution in [3.63, 3.8) is 0 Å². The van der Waals surface area contributed by atoms with Crippen LogP contribution in [-0.4, -0.2) is 57.1 Å². The Balaban J connectivity index is -0.000000235. The summed E-state index contributed by atoms with van der Waals surface area (Å²) >= 11 is -0.750. The quantitative estimate of drug-likeness (QED) is 0.435. The summed E-state index contributed by atoms with van der Waals surface area (Å²) in [5, 5.41) is 0. The van der Waals surface area contributed by atoms with Crippen molar-refractivity contribution in [1.29, 1.82) is 0 Å². The molecule has 18 heavy (non-hydrogen) atoms. The molecule has 0 fully saturated rings. The SMILES string of the molecule is C=CC[N+](C)(CC)CC=C.O=S(=O)(O)O.O=S=O. The van der Waals surface area contributed by atoms with E-state index in [2.05, 4.69) is 27.1 Å². The first-order valence-electron chi connectivity index (χ1n) is 4.77. The Bertz CT molecular complexity index is 341. The van der Waals surface area contributed by atoms with E-state index in [-0.39, 0.29) is 0 Å². The van der Waals surface area contributed by atoms with Crippen LogP contribution in [0.15, 0.2) is 25.3 Å². The lowest BCUT2D eigenvalue weighted by molar-refractivity contribution is -0.896. The largest absolute Gasteiger partial charge is 0.394 e. The van der Waals surface area contributed by atoms with Gasteiger partial charge in [0.15, 0.2) is 0 Å². The molecular weight excluding hydrogens is 282 g/mol. The van der Waals surface area contributed by atoms with Crippen molar-refractivity contribution in [3.8, 4) is 0 Å². The van der Waals surface area contributed by atoms with E-state index in [1.807, 2.05) is 12.2 Å². The summed E-state index contributed by atoms with van der Waals surface area (Å²) in [5.74, 6) is 0. The van der Waals surface area contributed by atoms with E-state index in [0.717, 1.165) is 24.1 Å². The Morgan fingerprint density at radius 2 is 1.39 bits per heavy atom. The predicted molar refractivity (Wildman–Crippen MR) is 70.0 cm³/mol. The molecule has 0 saturated heterocycles. The Labute approximate surface area is 112 Å². The highest BCUT2D eigenvalue weighted by Crippen LogP contribution is 2.00. The van der Waals surface area contributed by atoms with Crippen molar-refractivity contribution in [3.05, 3.63) is 25.3 Å². The van der Waals surface area contributed by atoms with Gasteiger partial charge in [0, 0.05) is 0 Å². The molecule has 0 aliphatic carbocycles. The van der Waals surface area contributed by atoms with Crippen LogP contribution >= 0.6 is 0 Å². The molecule has 0 aromatic rings. The van der Waals surface area contributed by atoms with Crippen LogP contribution in [0.1, 0.15) is 6.92 Å². The molecule has 9 heteroatoms. The smallest absolute Gasteiger partial charge is 0.320 e. The van der Waals surface area contributed by atoms with Gasteiger partial charge < -0.3 is 4.48 Å². The maximum Gasteiger partial charge on any atom is 0.394 e. The molecule has 0 aromatic carbocycles. The van der Waals surface area contributed by atoms with E-state index >= 15 is 0 Å². The van der Waals surface area contributed by atoms with Crippen LogP contribution in [0.2, 0.25) is 0 Å². The van der Waals surface area contributed by atoms with Gasteiger partial charge in [-0.25, -0.2) is 0 Å². The number of quaternary nitrogens is 1. The second-order valence-electron chi connectivity index (χ2n) is 3.39. The molecule has 7 nitrogen and oxygen atoms in total. The lowest BCUT2D eigenvalue weighted by atomic mass is 10.3. The summed E-state index contributed by atoms with van der Waals surface area (Å²) in [6, 6.07) is 0. The summed E-state index contributed by atoms with van der Waals surface area (Å²) in [6.07, 6.45) is 3.93. The molecule has 0 spiro atoms. The zero-order valence-corrected chi connectivity index (χ0v) is 12.1. The van der Waals surface area contributed by atoms with Crippen LogP contribution in [0.25, 0.3) is 0 Å². The van der Waals surface area contributed by atoms with Gasteiger partial charge in [-0.1, -0.05) is 13.2 Å². The van der Waals surface area contributed by atoms with Crippen molar-refractivity contribution in [2.24, 2.45) is 0 Å². The topological polar surface area (TPSA) is 109 Å². The fourth-order valence-corrected chi connectivity index (χ4v) is 0.956. The Morgan fingerprint density at radius 1 is 1.17 bits per heavy atom. The molecule has 0 saturated carbocycles. The third-order valence-electron chi connectivity index (χ3n) is 1.90. The summed E-state index contributed by atoms with van der Waals surface area (Å²) in [4.78, 5) is 0. The lowest BCUT2D eigenvalue weighted by Crippen LogP contribution is -2.43. The normalized spacial score (nSPS) is 10.0. The highest BCUT2D eigenvalue weighted by atomic mass is 32.3. The van der Waals surface area contributed by atoms with Gasteiger partial charge in [0.2, 0.25) is 0 Å². The molecule has 0 rings (SSSR count). The summed E-state index contributed by atoms with van der Waals surface area (Å²) < 4.78 is 49.2.